The minimum atomic E-state index is -0.778. The molecule has 0 unspecified atom stereocenters. The maximum absolute atomic E-state index is 12.8. The van der Waals surface area contributed by atoms with Gasteiger partial charge in [0.1, 0.15) is 11.4 Å². The highest BCUT2D eigenvalue weighted by atomic mass is 16.8. The third-order valence-electron chi connectivity index (χ3n) is 6.35. The van der Waals surface area contributed by atoms with E-state index in [-0.39, 0.29) is 17.7 Å². The first-order valence-electron chi connectivity index (χ1n) is 9.87. The van der Waals surface area contributed by atoms with E-state index in [4.69, 9.17) is 9.47 Å². The second-order valence-electron chi connectivity index (χ2n) is 9.02. The summed E-state index contributed by atoms with van der Waals surface area (Å²) in [5, 5.41) is 0. The van der Waals surface area contributed by atoms with Gasteiger partial charge in [-0.1, -0.05) is 25.5 Å². The standard InChI is InChI=1S/C22H32O4/c1-7-17(24)21(6,8-2)13-18-22(26-20(4,5)25-18)12-14(3)11-15-9-10-16(23)19(15)22/h8,14,18H,2,7,9-13H2,1,3-6H3/t14-,18-,21-,22+/m1/s1. The monoisotopic (exact) mass is 360 g/mol. The Morgan fingerprint density at radius 3 is 2.69 bits per heavy atom. The lowest BCUT2D eigenvalue weighted by atomic mass is 9.68. The van der Waals surface area contributed by atoms with Crippen LogP contribution in [0.15, 0.2) is 23.8 Å². The van der Waals surface area contributed by atoms with E-state index in [9.17, 15) is 9.59 Å². The predicted molar refractivity (Wildman–Crippen MR) is 101 cm³/mol. The van der Waals surface area contributed by atoms with Crippen LogP contribution in [0.1, 0.15) is 73.1 Å². The molecule has 0 saturated carbocycles. The molecule has 1 aliphatic heterocycles. The lowest BCUT2D eigenvalue weighted by Gasteiger charge is -2.42. The minimum Gasteiger partial charge on any atom is -0.344 e. The number of hydrogen-bond acceptors (Lipinski definition) is 4. The lowest BCUT2D eigenvalue weighted by Crippen LogP contribution is -2.49. The number of fused-ring (bicyclic) bond motifs is 1. The Morgan fingerprint density at radius 2 is 2.08 bits per heavy atom. The highest BCUT2D eigenvalue weighted by molar-refractivity contribution is 6.01. The molecule has 144 valence electrons. The van der Waals surface area contributed by atoms with Crippen LogP contribution in [0.4, 0.5) is 0 Å². The average Bonchev–Trinajstić information content (AvgIpc) is 3.04. The summed E-state index contributed by atoms with van der Waals surface area (Å²) in [5.41, 5.74) is 0.672. The molecule has 3 aliphatic rings. The molecule has 0 aromatic rings. The van der Waals surface area contributed by atoms with Gasteiger partial charge in [-0.3, -0.25) is 9.59 Å². The molecule has 26 heavy (non-hydrogen) atoms. The Labute approximate surface area is 157 Å². The normalized spacial score (nSPS) is 35.5. The first-order chi connectivity index (χ1) is 12.1. The van der Waals surface area contributed by atoms with Crippen LogP contribution in [0.2, 0.25) is 0 Å². The summed E-state index contributed by atoms with van der Waals surface area (Å²) in [4.78, 5) is 25.4. The zero-order valence-electron chi connectivity index (χ0n) is 16.8. The maximum atomic E-state index is 12.8. The van der Waals surface area contributed by atoms with Gasteiger partial charge >= 0.3 is 0 Å². The molecule has 4 atom stereocenters. The molecule has 0 aromatic carbocycles. The van der Waals surface area contributed by atoms with Gasteiger partial charge in [-0.2, -0.15) is 0 Å². The molecular formula is C22H32O4. The molecule has 4 heteroatoms. The van der Waals surface area contributed by atoms with E-state index in [1.165, 1.54) is 5.57 Å². The van der Waals surface area contributed by atoms with Gasteiger partial charge < -0.3 is 9.47 Å². The minimum absolute atomic E-state index is 0.145. The van der Waals surface area contributed by atoms with Gasteiger partial charge in [0.15, 0.2) is 11.6 Å². The molecular weight excluding hydrogens is 328 g/mol. The van der Waals surface area contributed by atoms with Crippen LogP contribution in [0.25, 0.3) is 0 Å². The molecule has 0 N–H and O–H groups in total. The van der Waals surface area contributed by atoms with Crippen LogP contribution >= 0.6 is 0 Å². The largest absolute Gasteiger partial charge is 0.344 e. The number of ketones is 2. The van der Waals surface area contributed by atoms with E-state index in [2.05, 4.69) is 13.5 Å². The molecule has 4 nitrogen and oxygen atoms in total. The smallest absolute Gasteiger partial charge is 0.164 e. The SMILES string of the molecule is C=C[C@](C)(C[C@H]1OC(C)(C)O[C@@]12C[C@H](C)CC1=C2C(=O)CC1)C(=O)CC. The van der Waals surface area contributed by atoms with Gasteiger partial charge in [-0.05, 0) is 52.4 Å². The molecule has 0 bridgehead atoms. The molecule has 0 aromatic heterocycles. The highest BCUT2D eigenvalue weighted by Gasteiger charge is 2.61. The van der Waals surface area contributed by atoms with E-state index in [1.54, 1.807) is 6.08 Å². The van der Waals surface area contributed by atoms with Crippen molar-refractivity contribution in [1.29, 1.82) is 0 Å². The van der Waals surface area contributed by atoms with Crippen molar-refractivity contribution in [2.75, 3.05) is 0 Å². The van der Waals surface area contributed by atoms with Crippen LogP contribution < -0.4 is 0 Å². The predicted octanol–water partition coefficient (Wildman–Crippen LogP) is 4.53. The van der Waals surface area contributed by atoms with Crippen LogP contribution in [0.3, 0.4) is 0 Å². The number of carbonyl (C=O) groups is 2. The summed E-state index contributed by atoms with van der Waals surface area (Å²) in [7, 11) is 0. The average molecular weight is 360 g/mol. The van der Waals surface area contributed by atoms with Crippen molar-refractivity contribution in [1.82, 2.24) is 0 Å². The van der Waals surface area contributed by atoms with Crippen molar-refractivity contribution >= 4 is 11.6 Å². The van der Waals surface area contributed by atoms with E-state index in [0.717, 1.165) is 24.8 Å². The zero-order chi connectivity index (χ0) is 19.3. The fourth-order valence-corrected chi connectivity index (χ4v) is 5.22. The highest BCUT2D eigenvalue weighted by Crippen LogP contribution is 2.55. The van der Waals surface area contributed by atoms with Crippen LogP contribution in [0.5, 0.6) is 0 Å². The molecule has 1 heterocycles. The van der Waals surface area contributed by atoms with Crippen molar-refractivity contribution in [3.8, 4) is 0 Å². The van der Waals surface area contributed by atoms with Crippen LogP contribution in [-0.2, 0) is 19.1 Å². The van der Waals surface area contributed by atoms with E-state index >= 15 is 0 Å². The number of ether oxygens (including phenoxy) is 2. The summed E-state index contributed by atoms with van der Waals surface area (Å²) in [6, 6.07) is 0. The van der Waals surface area contributed by atoms with E-state index in [1.807, 2.05) is 27.7 Å². The third-order valence-corrected chi connectivity index (χ3v) is 6.35. The topological polar surface area (TPSA) is 52.6 Å². The number of carbonyl (C=O) groups excluding carboxylic acids is 2. The van der Waals surface area contributed by atoms with E-state index in [0.29, 0.717) is 25.2 Å². The van der Waals surface area contributed by atoms with Crippen LogP contribution in [-0.4, -0.2) is 29.1 Å². The third kappa shape index (κ3) is 3.01. The van der Waals surface area contributed by atoms with Gasteiger partial charge in [-0.15, -0.1) is 6.58 Å². The van der Waals surface area contributed by atoms with Crippen molar-refractivity contribution in [3.63, 3.8) is 0 Å². The van der Waals surface area contributed by atoms with Gasteiger partial charge in [-0.25, -0.2) is 0 Å². The van der Waals surface area contributed by atoms with E-state index < -0.39 is 16.8 Å². The van der Waals surface area contributed by atoms with Gasteiger partial charge in [0.2, 0.25) is 0 Å². The number of allylic oxidation sites excluding steroid dienone is 2. The Balaban J connectivity index is 2.06. The quantitative estimate of drug-likeness (QED) is 0.676. The van der Waals surface area contributed by atoms with Gasteiger partial charge in [0, 0.05) is 23.8 Å². The lowest BCUT2D eigenvalue weighted by molar-refractivity contribution is -0.162. The van der Waals surface area contributed by atoms with Crippen molar-refractivity contribution in [3.05, 3.63) is 23.8 Å². The Morgan fingerprint density at radius 1 is 1.38 bits per heavy atom. The molecule has 3 rings (SSSR count). The summed E-state index contributed by atoms with van der Waals surface area (Å²) in [6.07, 6.45) is 5.49. The van der Waals surface area contributed by atoms with Crippen LogP contribution in [0, 0.1) is 11.3 Å². The first-order valence-corrected chi connectivity index (χ1v) is 9.87. The fraction of sp³-hybridized carbons (Fsp3) is 0.727. The molecule has 0 amide bonds. The fourth-order valence-electron chi connectivity index (χ4n) is 5.22. The van der Waals surface area contributed by atoms with Crippen molar-refractivity contribution in [2.24, 2.45) is 11.3 Å². The van der Waals surface area contributed by atoms with Crippen molar-refractivity contribution < 1.29 is 19.1 Å². The second-order valence-corrected chi connectivity index (χ2v) is 9.02. The number of hydrogen-bond donors (Lipinski definition) is 0. The van der Waals surface area contributed by atoms with Crippen molar-refractivity contribution in [2.45, 2.75) is 90.6 Å². The molecule has 1 spiro atoms. The number of Topliss-reactive ketones (excluding diaryl/α,β-unsaturated/α-hetero) is 2. The van der Waals surface area contributed by atoms with Gasteiger partial charge in [0.25, 0.3) is 0 Å². The molecule has 2 aliphatic carbocycles. The number of rotatable bonds is 5. The summed E-state index contributed by atoms with van der Waals surface area (Å²) >= 11 is 0. The summed E-state index contributed by atoms with van der Waals surface area (Å²) in [5.74, 6) is -0.0105. The maximum Gasteiger partial charge on any atom is 0.164 e. The van der Waals surface area contributed by atoms with Gasteiger partial charge in [0.05, 0.1) is 6.10 Å². The Kier molecular flexibility index (Phi) is 4.81. The molecule has 1 fully saturated rings. The Hall–Kier alpha value is -1.26. The summed E-state index contributed by atoms with van der Waals surface area (Å²) < 4.78 is 12.8. The molecule has 0 radical (unpaired) electrons. The second kappa shape index (κ2) is 6.42. The first kappa shape index (κ1) is 19.5. The molecule has 1 saturated heterocycles. The summed E-state index contributed by atoms with van der Waals surface area (Å²) in [6.45, 7) is 13.7. The Bertz CT molecular complexity index is 674. The zero-order valence-corrected chi connectivity index (χ0v) is 16.8.